The van der Waals surface area contributed by atoms with E-state index in [4.69, 9.17) is 14.2 Å². The van der Waals surface area contributed by atoms with Crippen molar-refractivity contribution in [2.24, 2.45) is 0 Å². The zero-order chi connectivity index (χ0) is 41.4. The standard InChI is InChI=1S/C48H93NO7/c1-6-8-10-12-14-16-18-20-21-22-23-24-25-27-29-31-33-35-37-39-47(51)56-44(42-54-41-40-45(48(52)53)49(3,4)5)43-55-46(50)38-36-34-32-30-28-26-19-17-15-13-11-9-7-2/h44-45H,6-43H2,1-5H3/p+1. The first-order chi connectivity index (χ1) is 27.1. The third-order valence-electron chi connectivity index (χ3n) is 11.3. The van der Waals surface area contributed by atoms with Crippen LogP contribution in [0.25, 0.3) is 0 Å². The maximum Gasteiger partial charge on any atom is 0.362 e. The molecule has 0 aromatic carbocycles. The Labute approximate surface area is 346 Å². The molecule has 2 unspecified atom stereocenters. The van der Waals surface area contributed by atoms with E-state index in [1.165, 1.54) is 167 Å². The summed E-state index contributed by atoms with van der Waals surface area (Å²) in [4.78, 5) is 37.0. The summed E-state index contributed by atoms with van der Waals surface area (Å²) in [6.07, 6.45) is 41.4. The molecule has 8 nitrogen and oxygen atoms in total. The third-order valence-corrected chi connectivity index (χ3v) is 11.3. The van der Waals surface area contributed by atoms with Gasteiger partial charge in [-0.05, 0) is 12.8 Å². The monoisotopic (exact) mass is 797 g/mol. The number of carboxylic acid groups (broad SMARTS) is 1. The Morgan fingerprint density at radius 1 is 0.464 bits per heavy atom. The van der Waals surface area contributed by atoms with E-state index in [9.17, 15) is 19.5 Å². The van der Waals surface area contributed by atoms with E-state index in [0.29, 0.717) is 19.3 Å². The molecule has 0 rings (SSSR count). The van der Waals surface area contributed by atoms with E-state index in [1.807, 2.05) is 21.1 Å². The van der Waals surface area contributed by atoms with E-state index < -0.39 is 18.1 Å². The highest BCUT2D eigenvalue weighted by atomic mass is 16.6. The molecule has 0 saturated heterocycles. The van der Waals surface area contributed by atoms with E-state index in [0.717, 1.165) is 38.5 Å². The summed E-state index contributed by atoms with van der Waals surface area (Å²) in [5.74, 6) is -1.44. The number of esters is 2. The minimum absolute atomic E-state index is 0.0418. The Balaban J connectivity index is 4.22. The molecule has 8 heteroatoms. The summed E-state index contributed by atoms with van der Waals surface area (Å²) < 4.78 is 17.3. The quantitative estimate of drug-likeness (QED) is 0.0372. The summed E-state index contributed by atoms with van der Waals surface area (Å²) >= 11 is 0. The fourth-order valence-corrected chi connectivity index (χ4v) is 7.51. The molecule has 0 aliphatic heterocycles. The molecule has 0 radical (unpaired) electrons. The van der Waals surface area contributed by atoms with Gasteiger partial charge in [0.15, 0.2) is 12.1 Å². The first-order valence-corrected chi connectivity index (χ1v) is 24.1. The number of hydrogen-bond acceptors (Lipinski definition) is 6. The van der Waals surface area contributed by atoms with Gasteiger partial charge in [-0.25, -0.2) is 4.79 Å². The summed E-state index contributed by atoms with van der Waals surface area (Å²) in [6, 6.07) is -0.608. The van der Waals surface area contributed by atoms with Gasteiger partial charge >= 0.3 is 17.9 Å². The van der Waals surface area contributed by atoms with Crippen LogP contribution in [0.5, 0.6) is 0 Å². The molecule has 0 spiro atoms. The van der Waals surface area contributed by atoms with Crippen molar-refractivity contribution in [3.8, 4) is 0 Å². The van der Waals surface area contributed by atoms with Gasteiger partial charge < -0.3 is 23.8 Å². The van der Waals surface area contributed by atoms with Crippen molar-refractivity contribution in [2.45, 2.75) is 251 Å². The average molecular weight is 797 g/mol. The molecule has 0 aliphatic rings. The van der Waals surface area contributed by atoms with Gasteiger partial charge in [-0.2, -0.15) is 0 Å². The lowest BCUT2D eigenvalue weighted by atomic mass is 10.0. The van der Waals surface area contributed by atoms with E-state index in [1.54, 1.807) is 0 Å². The molecular weight excluding hydrogens is 703 g/mol. The smallest absolute Gasteiger partial charge is 0.362 e. The normalized spacial score (nSPS) is 12.8. The van der Waals surface area contributed by atoms with Gasteiger partial charge in [-0.1, -0.05) is 206 Å². The first kappa shape index (κ1) is 54.3. The van der Waals surface area contributed by atoms with Crippen LogP contribution in [-0.4, -0.2) is 80.6 Å². The van der Waals surface area contributed by atoms with Gasteiger partial charge in [0, 0.05) is 19.3 Å². The molecule has 0 fully saturated rings. The van der Waals surface area contributed by atoms with Gasteiger partial charge in [-0.3, -0.25) is 9.59 Å². The Kier molecular flexibility index (Phi) is 38.9. The lowest BCUT2D eigenvalue weighted by Crippen LogP contribution is -2.50. The summed E-state index contributed by atoms with van der Waals surface area (Å²) in [6.45, 7) is 4.78. The molecule has 0 aliphatic carbocycles. The number of carbonyl (C=O) groups excluding carboxylic acids is 2. The predicted octanol–water partition coefficient (Wildman–Crippen LogP) is 13.3. The Morgan fingerprint density at radius 3 is 1.11 bits per heavy atom. The average Bonchev–Trinajstić information content (AvgIpc) is 3.15. The second-order valence-corrected chi connectivity index (χ2v) is 17.7. The number of unbranched alkanes of at least 4 members (excludes halogenated alkanes) is 30. The van der Waals surface area contributed by atoms with Crippen LogP contribution < -0.4 is 0 Å². The molecule has 332 valence electrons. The fraction of sp³-hybridized carbons (Fsp3) is 0.938. The van der Waals surface area contributed by atoms with Crippen molar-refractivity contribution >= 4 is 17.9 Å². The largest absolute Gasteiger partial charge is 0.477 e. The van der Waals surface area contributed by atoms with Crippen molar-refractivity contribution in [3.05, 3.63) is 0 Å². The number of likely N-dealkylation sites (N-methyl/N-ethyl adjacent to an activating group) is 1. The van der Waals surface area contributed by atoms with Crippen molar-refractivity contribution < 1.29 is 38.2 Å². The third kappa shape index (κ3) is 37.9. The first-order valence-electron chi connectivity index (χ1n) is 24.1. The van der Waals surface area contributed by atoms with Gasteiger partial charge in [0.05, 0.1) is 34.4 Å². The van der Waals surface area contributed by atoms with Crippen molar-refractivity contribution in [2.75, 3.05) is 41.0 Å². The predicted molar refractivity (Wildman–Crippen MR) is 234 cm³/mol. The number of carboxylic acids is 1. The Bertz CT molecular complexity index is 889. The van der Waals surface area contributed by atoms with Crippen LogP contribution >= 0.6 is 0 Å². The second kappa shape index (κ2) is 40.1. The van der Waals surface area contributed by atoms with Crippen molar-refractivity contribution in [1.29, 1.82) is 0 Å². The molecule has 0 heterocycles. The number of hydrogen-bond donors (Lipinski definition) is 1. The van der Waals surface area contributed by atoms with Crippen LogP contribution in [0.2, 0.25) is 0 Å². The number of carbonyl (C=O) groups is 3. The van der Waals surface area contributed by atoms with Gasteiger partial charge in [-0.15, -0.1) is 0 Å². The molecule has 0 aromatic rings. The topological polar surface area (TPSA) is 99.1 Å². The van der Waals surface area contributed by atoms with Crippen LogP contribution in [0.15, 0.2) is 0 Å². The maximum atomic E-state index is 12.8. The molecule has 0 amide bonds. The van der Waals surface area contributed by atoms with Crippen LogP contribution in [0.3, 0.4) is 0 Å². The van der Waals surface area contributed by atoms with Crippen LogP contribution in [-0.2, 0) is 28.6 Å². The zero-order valence-corrected chi connectivity index (χ0v) is 37.9. The number of quaternary nitrogens is 1. The van der Waals surface area contributed by atoms with Crippen molar-refractivity contribution in [1.82, 2.24) is 0 Å². The van der Waals surface area contributed by atoms with E-state index >= 15 is 0 Å². The van der Waals surface area contributed by atoms with Crippen LogP contribution in [0.4, 0.5) is 0 Å². The number of rotatable bonds is 44. The summed E-state index contributed by atoms with van der Waals surface area (Å²) in [5, 5.41) is 9.63. The Hall–Kier alpha value is -1.67. The second-order valence-electron chi connectivity index (χ2n) is 17.7. The van der Waals surface area contributed by atoms with E-state index in [-0.39, 0.29) is 36.2 Å². The molecule has 0 aromatic heterocycles. The van der Waals surface area contributed by atoms with Crippen molar-refractivity contribution in [3.63, 3.8) is 0 Å². The molecule has 0 saturated carbocycles. The minimum atomic E-state index is -0.870. The summed E-state index contributed by atoms with van der Waals surface area (Å²) in [7, 11) is 5.54. The lowest BCUT2D eigenvalue weighted by molar-refractivity contribution is -0.887. The van der Waals surface area contributed by atoms with Gasteiger partial charge in [0.25, 0.3) is 0 Å². The summed E-state index contributed by atoms with van der Waals surface area (Å²) in [5.41, 5.74) is 0. The molecule has 2 atom stereocenters. The van der Waals surface area contributed by atoms with Crippen LogP contribution in [0, 0.1) is 0 Å². The lowest BCUT2D eigenvalue weighted by Gasteiger charge is -2.31. The highest BCUT2D eigenvalue weighted by Gasteiger charge is 2.31. The number of aliphatic carboxylic acids is 1. The SMILES string of the molecule is CCCCCCCCCCCCCCCCCCCCCC(=O)OC(COCCC(C(=O)O)[N+](C)(C)C)COC(=O)CCCCCCCCCCCCCCC. The van der Waals surface area contributed by atoms with Crippen LogP contribution in [0.1, 0.15) is 239 Å². The Morgan fingerprint density at radius 2 is 0.786 bits per heavy atom. The minimum Gasteiger partial charge on any atom is -0.477 e. The molecule has 0 bridgehead atoms. The number of ether oxygens (including phenoxy) is 3. The highest BCUT2D eigenvalue weighted by molar-refractivity contribution is 5.72. The highest BCUT2D eigenvalue weighted by Crippen LogP contribution is 2.17. The molecular formula is C48H94NO7+. The maximum absolute atomic E-state index is 12.8. The van der Waals surface area contributed by atoms with Gasteiger partial charge in [0.1, 0.15) is 6.61 Å². The molecule has 56 heavy (non-hydrogen) atoms. The zero-order valence-electron chi connectivity index (χ0n) is 37.9. The number of nitrogens with zero attached hydrogens (tertiary/aromatic N) is 1. The fourth-order valence-electron chi connectivity index (χ4n) is 7.51. The molecule has 1 N–H and O–H groups in total. The van der Waals surface area contributed by atoms with E-state index in [2.05, 4.69) is 13.8 Å². The van der Waals surface area contributed by atoms with Gasteiger partial charge in [0.2, 0.25) is 0 Å².